The van der Waals surface area contributed by atoms with Crippen LogP contribution in [0.15, 0.2) is 49.7 Å². The van der Waals surface area contributed by atoms with Crippen LogP contribution in [0, 0.1) is 0 Å². The molecule has 0 radical (unpaired) electrons. The standard InChI is InChI=1S/C17H26N4/c1-3-11-21(12-4-2)17(16-7-5-6-8-19-16)15-20-13-9-18-10-14-20/h3-8,17-18H,1-2,9-15H2. The monoisotopic (exact) mass is 286 g/mol. The predicted octanol–water partition coefficient (Wildman–Crippen LogP) is 1.70. The second kappa shape index (κ2) is 8.72. The fraction of sp³-hybridized carbons (Fsp3) is 0.471. The van der Waals surface area contributed by atoms with E-state index >= 15 is 0 Å². The molecule has 1 aliphatic heterocycles. The molecule has 1 atom stereocenters. The minimum absolute atomic E-state index is 0.278. The van der Waals surface area contributed by atoms with Gasteiger partial charge in [-0.3, -0.25) is 14.8 Å². The lowest BCUT2D eigenvalue weighted by molar-refractivity contribution is 0.146. The Morgan fingerprint density at radius 1 is 1.24 bits per heavy atom. The largest absolute Gasteiger partial charge is 0.314 e. The van der Waals surface area contributed by atoms with Crippen molar-refractivity contribution in [2.75, 3.05) is 45.8 Å². The van der Waals surface area contributed by atoms with Gasteiger partial charge < -0.3 is 5.32 Å². The van der Waals surface area contributed by atoms with E-state index in [1.165, 1.54) is 0 Å². The molecular weight excluding hydrogens is 260 g/mol. The van der Waals surface area contributed by atoms with Crippen molar-refractivity contribution >= 4 is 0 Å². The molecule has 1 N–H and O–H groups in total. The number of rotatable bonds is 8. The summed E-state index contributed by atoms with van der Waals surface area (Å²) < 4.78 is 0. The summed E-state index contributed by atoms with van der Waals surface area (Å²) in [7, 11) is 0. The first-order valence-electron chi connectivity index (χ1n) is 7.65. The molecule has 0 aliphatic carbocycles. The van der Waals surface area contributed by atoms with Crippen molar-refractivity contribution in [1.29, 1.82) is 0 Å². The van der Waals surface area contributed by atoms with Gasteiger partial charge in [0, 0.05) is 52.0 Å². The van der Waals surface area contributed by atoms with Gasteiger partial charge in [-0.2, -0.15) is 0 Å². The van der Waals surface area contributed by atoms with Crippen LogP contribution in [0.1, 0.15) is 11.7 Å². The van der Waals surface area contributed by atoms with Crippen LogP contribution in [-0.2, 0) is 0 Å². The molecule has 2 heterocycles. The SMILES string of the molecule is C=CCN(CC=C)C(CN1CCNCC1)c1ccccn1. The molecule has 0 saturated carbocycles. The van der Waals surface area contributed by atoms with Gasteiger partial charge in [0.05, 0.1) is 11.7 Å². The minimum Gasteiger partial charge on any atom is -0.314 e. The number of hydrogen-bond acceptors (Lipinski definition) is 4. The van der Waals surface area contributed by atoms with Crippen molar-refractivity contribution in [1.82, 2.24) is 20.1 Å². The van der Waals surface area contributed by atoms with Crippen molar-refractivity contribution in [3.63, 3.8) is 0 Å². The number of pyridine rings is 1. The van der Waals surface area contributed by atoms with Gasteiger partial charge in [0.2, 0.25) is 0 Å². The maximum Gasteiger partial charge on any atom is 0.0654 e. The highest BCUT2D eigenvalue weighted by Crippen LogP contribution is 2.20. The fourth-order valence-electron chi connectivity index (χ4n) is 2.77. The summed E-state index contributed by atoms with van der Waals surface area (Å²) in [5, 5.41) is 3.40. The highest BCUT2D eigenvalue weighted by molar-refractivity contribution is 5.11. The van der Waals surface area contributed by atoms with Crippen LogP contribution in [0.5, 0.6) is 0 Å². The van der Waals surface area contributed by atoms with E-state index in [1.807, 2.05) is 24.4 Å². The highest BCUT2D eigenvalue weighted by atomic mass is 15.2. The van der Waals surface area contributed by atoms with Crippen LogP contribution in [-0.4, -0.2) is 60.6 Å². The maximum absolute atomic E-state index is 4.58. The van der Waals surface area contributed by atoms with Gasteiger partial charge in [-0.15, -0.1) is 13.2 Å². The van der Waals surface area contributed by atoms with E-state index < -0.39 is 0 Å². The van der Waals surface area contributed by atoms with E-state index in [2.05, 4.69) is 45.4 Å². The Bertz CT molecular complexity index is 416. The number of hydrogen-bond donors (Lipinski definition) is 1. The summed E-state index contributed by atoms with van der Waals surface area (Å²) in [6.07, 6.45) is 5.79. The van der Waals surface area contributed by atoms with Crippen molar-refractivity contribution in [3.05, 3.63) is 55.4 Å². The number of nitrogens with one attached hydrogen (secondary N) is 1. The highest BCUT2D eigenvalue weighted by Gasteiger charge is 2.23. The zero-order valence-corrected chi connectivity index (χ0v) is 12.7. The first-order chi connectivity index (χ1) is 10.3. The maximum atomic E-state index is 4.58. The average Bonchev–Trinajstić information content (AvgIpc) is 2.54. The molecule has 4 nitrogen and oxygen atoms in total. The first-order valence-corrected chi connectivity index (χ1v) is 7.65. The van der Waals surface area contributed by atoms with E-state index in [9.17, 15) is 0 Å². The normalized spacial score (nSPS) is 17.6. The van der Waals surface area contributed by atoms with Gasteiger partial charge in [-0.1, -0.05) is 18.2 Å². The molecule has 21 heavy (non-hydrogen) atoms. The molecule has 4 heteroatoms. The molecule has 114 valence electrons. The topological polar surface area (TPSA) is 31.4 Å². The third-order valence-corrected chi connectivity index (χ3v) is 3.84. The third-order valence-electron chi connectivity index (χ3n) is 3.84. The second-order valence-electron chi connectivity index (χ2n) is 5.35. The predicted molar refractivity (Wildman–Crippen MR) is 88.3 cm³/mol. The number of nitrogens with zero attached hydrogens (tertiary/aromatic N) is 3. The molecule has 1 aromatic rings. The van der Waals surface area contributed by atoms with Gasteiger partial charge >= 0.3 is 0 Å². The summed E-state index contributed by atoms with van der Waals surface area (Å²) in [5.41, 5.74) is 1.12. The van der Waals surface area contributed by atoms with Crippen molar-refractivity contribution in [2.45, 2.75) is 6.04 Å². The van der Waals surface area contributed by atoms with Gasteiger partial charge in [-0.25, -0.2) is 0 Å². The van der Waals surface area contributed by atoms with Gasteiger partial charge in [0.15, 0.2) is 0 Å². The molecule has 1 saturated heterocycles. The molecule has 2 rings (SSSR count). The van der Waals surface area contributed by atoms with Gasteiger partial charge in [0.25, 0.3) is 0 Å². The third kappa shape index (κ3) is 4.77. The Balaban J connectivity index is 2.15. The smallest absolute Gasteiger partial charge is 0.0654 e. The van der Waals surface area contributed by atoms with Gasteiger partial charge in [-0.05, 0) is 12.1 Å². The quantitative estimate of drug-likeness (QED) is 0.737. The van der Waals surface area contributed by atoms with Crippen molar-refractivity contribution < 1.29 is 0 Å². The Labute approximate surface area is 128 Å². The molecule has 1 aromatic heterocycles. The molecule has 1 fully saturated rings. The van der Waals surface area contributed by atoms with E-state index in [1.54, 1.807) is 0 Å². The van der Waals surface area contributed by atoms with Crippen LogP contribution in [0.4, 0.5) is 0 Å². The average molecular weight is 286 g/mol. The number of aromatic nitrogens is 1. The second-order valence-corrected chi connectivity index (χ2v) is 5.35. The Morgan fingerprint density at radius 3 is 2.52 bits per heavy atom. The lowest BCUT2D eigenvalue weighted by Crippen LogP contribution is -2.47. The Hall–Kier alpha value is -1.49. The minimum atomic E-state index is 0.278. The molecular formula is C17H26N4. The van der Waals surface area contributed by atoms with E-state index in [0.29, 0.717) is 0 Å². The van der Waals surface area contributed by atoms with E-state index in [0.717, 1.165) is 51.5 Å². The zero-order chi connectivity index (χ0) is 14.9. The zero-order valence-electron chi connectivity index (χ0n) is 12.7. The first kappa shape index (κ1) is 15.9. The van der Waals surface area contributed by atoms with E-state index in [4.69, 9.17) is 0 Å². The lowest BCUT2D eigenvalue weighted by Gasteiger charge is -2.36. The summed E-state index contributed by atoms with van der Waals surface area (Å²) >= 11 is 0. The molecule has 0 amide bonds. The summed E-state index contributed by atoms with van der Waals surface area (Å²) in [4.78, 5) is 9.47. The summed E-state index contributed by atoms with van der Waals surface area (Å²) in [5.74, 6) is 0. The molecule has 0 bridgehead atoms. The van der Waals surface area contributed by atoms with Crippen LogP contribution in [0.2, 0.25) is 0 Å². The summed E-state index contributed by atoms with van der Waals surface area (Å²) in [6.45, 7) is 14.8. The van der Waals surface area contributed by atoms with Crippen molar-refractivity contribution in [3.8, 4) is 0 Å². The Kier molecular flexibility index (Phi) is 6.60. The number of piperazine rings is 1. The molecule has 1 aliphatic rings. The van der Waals surface area contributed by atoms with Gasteiger partial charge in [0.1, 0.15) is 0 Å². The van der Waals surface area contributed by atoms with Crippen LogP contribution in [0.25, 0.3) is 0 Å². The summed E-state index contributed by atoms with van der Waals surface area (Å²) in [6, 6.07) is 6.43. The van der Waals surface area contributed by atoms with Crippen LogP contribution >= 0.6 is 0 Å². The fourth-order valence-corrected chi connectivity index (χ4v) is 2.77. The van der Waals surface area contributed by atoms with Crippen LogP contribution in [0.3, 0.4) is 0 Å². The van der Waals surface area contributed by atoms with Crippen LogP contribution < -0.4 is 5.32 Å². The molecule has 0 aromatic carbocycles. The van der Waals surface area contributed by atoms with Crippen molar-refractivity contribution in [2.24, 2.45) is 0 Å². The molecule has 1 unspecified atom stereocenters. The van der Waals surface area contributed by atoms with E-state index in [-0.39, 0.29) is 6.04 Å². The Morgan fingerprint density at radius 2 is 1.95 bits per heavy atom. The molecule has 0 spiro atoms. The lowest BCUT2D eigenvalue weighted by atomic mass is 10.1.